The van der Waals surface area contributed by atoms with Gasteiger partial charge in [0.25, 0.3) is 11.8 Å². The third-order valence-electron chi connectivity index (χ3n) is 4.77. The molecular formula is C27H29N3O4S. The molecule has 2 amide bonds. The van der Waals surface area contributed by atoms with Crippen molar-refractivity contribution in [1.29, 1.82) is 0 Å². The van der Waals surface area contributed by atoms with Gasteiger partial charge in [0.2, 0.25) is 0 Å². The molecule has 0 fully saturated rings. The maximum atomic E-state index is 12.9. The number of anilines is 2. The molecule has 0 aliphatic carbocycles. The van der Waals surface area contributed by atoms with E-state index in [1.54, 1.807) is 72.8 Å². The highest BCUT2D eigenvalue weighted by atomic mass is 32.1. The van der Waals surface area contributed by atoms with Gasteiger partial charge in [0.1, 0.15) is 11.5 Å². The summed E-state index contributed by atoms with van der Waals surface area (Å²) in [6.07, 6.45) is 0. The van der Waals surface area contributed by atoms with Crippen molar-refractivity contribution in [3.8, 4) is 11.5 Å². The third-order valence-corrected chi connectivity index (χ3v) is 4.97. The standard InChI is InChI=1S/C27H29N3O4S/c1-4-33-21-15-11-20(12-16-21)28-26(32)23-7-5-6-8-24(23)29-27(35)30-25(31)19-9-13-22(14-10-19)34-17-18(2)3/h5-16,18H,4,17H2,1-3H3,(H,28,32)(H2,29,30,31,35). The number of hydrogen-bond donors (Lipinski definition) is 3. The molecule has 0 radical (unpaired) electrons. The van der Waals surface area contributed by atoms with Crippen LogP contribution in [0.4, 0.5) is 11.4 Å². The Morgan fingerprint density at radius 1 is 0.829 bits per heavy atom. The zero-order chi connectivity index (χ0) is 25.2. The number of carbonyl (C=O) groups is 2. The molecule has 182 valence electrons. The van der Waals surface area contributed by atoms with E-state index in [1.165, 1.54) is 0 Å². The van der Waals surface area contributed by atoms with Crippen molar-refractivity contribution in [2.75, 3.05) is 23.8 Å². The number of amides is 2. The van der Waals surface area contributed by atoms with E-state index in [-0.39, 0.29) is 16.9 Å². The largest absolute Gasteiger partial charge is 0.494 e. The predicted octanol–water partition coefficient (Wildman–Crippen LogP) is 5.50. The molecule has 3 aromatic carbocycles. The van der Waals surface area contributed by atoms with Crippen LogP contribution in [0, 0.1) is 5.92 Å². The van der Waals surface area contributed by atoms with Crippen molar-refractivity contribution < 1.29 is 19.1 Å². The number of ether oxygens (including phenoxy) is 2. The second-order valence-electron chi connectivity index (χ2n) is 8.09. The molecule has 0 aromatic heterocycles. The molecule has 0 aliphatic rings. The second-order valence-corrected chi connectivity index (χ2v) is 8.50. The topological polar surface area (TPSA) is 88.7 Å². The van der Waals surface area contributed by atoms with Crippen LogP contribution in [-0.2, 0) is 0 Å². The Hall–Kier alpha value is -3.91. The zero-order valence-electron chi connectivity index (χ0n) is 20.0. The maximum Gasteiger partial charge on any atom is 0.257 e. The van der Waals surface area contributed by atoms with Gasteiger partial charge in [0, 0.05) is 11.3 Å². The minimum Gasteiger partial charge on any atom is -0.494 e. The number of thiocarbonyl (C=S) groups is 1. The highest BCUT2D eigenvalue weighted by Crippen LogP contribution is 2.20. The molecule has 0 atom stereocenters. The van der Waals surface area contributed by atoms with Gasteiger partial charge in [-0.05, 0) is 85.7 Å². The molecule has 0 bridgehead atoms. The van der Waals surface area contributed by atoms with Gasteiger partial charge in [-0.1, -0.05) is 26.0 Å². The highest BCUT2D eigenvalue weighted by molar-refractivity contribution is 7.80. The first kappa shape index (κ1) is 25.7. The van der Waals surface area contributed by atoms with Crippen molar-refractivity contribution in [2.24, 2.45) is 5.92 Å². The van der Waals surface area contributed by atoms with Crippen LogP contribution in [0.25, 0.3) is 0 Å². The summed E-state index contributed by atoms with van der Waals surface area (Å²) in [4.78, 5) is 25.5. The molecule has 8 heteroatoms. The summed E-state index contributed by atoms with van der Waals surface area (Å²) in [7, 11) is 0. The van der Waals surface area contributed by atoms with Gasteiger partial charge < -0.3 is 20.1 Å². The van der Waals surface area contributed by atoms with Gasteiger partial charge in [-0.3, -0.25) is 14.9 Å². The Balaban J connectivity index is 1.60. The van der Waals surface area contributed by atoms with Crippen LogP contribution in [-0.4, -0.2) is 30.1 Å². The summed E-state index contributed by atoms with van der Waals surface area (Å²) in [5.41, 5.74) is 1.92. The summed E-state index contributed by atoms with van der Waals surface area (Å²) < 4.78 is 11.1. The van der Waals surface area contributed by atoms with Crippen LogP contribution >= 0.6 is 12.2 Å². The molecular weight excluding hydrogens is 462 g/mol. The van der Waals surface area contributed by atoms with Crippen LogP contribution in [0.2, 0.25) is 0 Å². The molecule has 3 rings (SSSR count). The molecule has 0 spiro atoms. The summed E-state index contributed by atoms with van der Waals surface area (Å²) in [5.74, 6) is 1.15. The number of carbonyl (C=O) groups excluding carboxylic acids is 2. The average molecular weight is 492 g/mol. The van der Waals surface area contributed by atoms with Gasteiger partial charge in [-0.25, -0.2) is 0 Å². The Labute approximate surface area is 210 Å². The minimum absolute atomic E-state index is 0.0800. The number of nitrogens with one attached hydrogen (secondary N) is 3. The fourth-order valence-electron chi connectivity index (χ4n) is 3.08. The van der Waals surface area contributed by atoms with Gasteiger partial charge >= 0.3 is 0 Å². The molecule has 3 aromatic rings. The summed E-state index contributed by atoms with van der Waals surface area (Å²) in [6, 6.07) is 20.9. The first-order valence-electron chi connectivity index (χ1n) is 11.3. The van der Waals surface area contributed by atoms with Gasteiger partial charge in [-0.2, -0.15) is 0 Å². The Morgan fingerprint density at radius 3 is 2.11 bits per heavy atom. The van der Waals surface area contributed by atoms with E-state index in [0.29, 0.717) is 47.4 Å². The maximum absolute atomic E-state index is 12.9. The monoisotopic (exact) mass is 491 g/mol. The number of rotatable bonds is 9. The van der Waals surface area contributed by atoms with Crippen molar-refractivity contribution in [3.05, 3.63) is 83.9 Å². The fourth-order valence-corrected chi connectivity index (χ4v) is 3.29. The number of para-hydroxylation sites is 1. The van der Waals surface area contributed by atoms with Crippen molar-refractivity contribution in [2.45, 2.75) is 20.8 Å². The van der Waals surface area contributed by atoms with E-state index in [2.05, 4.69) is 29.8 Å². The van der Waals surface area contributed by atoms with Crippen molar-refractivity contribution >= 4 is 40.5 Å². The SMILES string of the molecule is CCOc1ccc(NC(=O)c2ccccc2NC(=S)NC(=O)c2ccc(OCC(C)C)cc2)cc1. The van der Waals surface area contributed by atoms with Crippen LogP contribution in [0.15, 0.2) is 72.8 Å². The lowest BCUT2D eigenvalue weighted by Gasteiger charge is -2.14. The van der Waals surface area contributed by atoms with Crippen molar-refractivity contribution in [1.82, 2.24) is 5.32 Å². The van der Waals surface area contributed by atoms with Gasteiger partial charge in [0.15, 0.2) is 5.11 Å². The number of benzene rings is 3. The smallest absolute Gasteiger partial charge is 0.257 e. The van der Waals surface area contributed by atoms with E-state index in [9.17, 15) is 9.59 Å². The Bertz CT molecular complexity index is 1160. The van der Waals surface area contributed by atoms with Crippen molar-refractivity contribution in [3.63, 3.8) is 0 Å². The Kier molecular flexibility index (Phi) is 9.20. The molecule has 7 nitrogen and oxygen atoms in total. The normalized spacial score (nSPS) is 10.4. The quantitative estimate of drug-likeness (QED) is 0.343. The van der Waals surface area contributed by atoms with Gasteiger partial charge in [0.05, 0.1) is 24.5 Å². The second kappa shape index (κ2) is 12.5. The molecule has 0 unspecified atom stereocenters. The van der Waals surface area contributed by atoms with Crippen LogP contribution in [0.3, 0.4) is 0 Å². The zero-order valence-corrected chi connectivity index (χ0v) is 20.8. The van der Waals surface area contributed by atoms with E-state index >= 15 is 0 Å². The third kappa shape index (κ3) is 7.82. The predicted molar refractivity (Wildman–Crippen MR) is 142 cm³/mol. The molecule has 0 aliphatic heterocycles. The summed E-state index contributed by atoms with van der Waals surface area (Å²) in [5, 5.41) is 8.52. The minimum atomic E-state index is -0.366. The van der Waals surface area contributed by atoms with E-state index in [0.717, 1.165) is 5.75 Å². The van der Waals surface area contributed by atoms with Crippen LogP contribution in [0.1, 0.15) is 41.5 Å². The number of hydrogen-bond acceptors (Lipinski definition) is 5. The summed E-state index contributed by atoms with van der Waals surface area (Å²) in [6.45, 7) is 7.21. The molecule has 0 saturated carbocycles. The lowest BCUT2D eigenvalue weighted by atomic mass is 10.1. The first-order chi connectivity index (χ1) is 16.9. The lowest BCUT2D eigenvalue weighted by Crippen LogP contribution is -2.34. The highest BCUT2D eigenvalue weighted by Gasteiger charge is 2.14. The average Bonchev–Trinajstić information content (AvgIpc) is 2.84. The van der Waals surface area contributed by atoms with Gasteiger partial charge in [-0.15, -0.1) is 0 Å². The van der Waals surface area contributed by atoms with Crippen LogP contribution < -0.4 is 25.4 Å². The lowest BCUT2D eigenvalue weighted by molar-refractivity contribution is 0.0976. The Morgan fingerprint density at radius 2 is 1.46 bits per heavy atom. The molecule has 0 heterocycles. The molecule has 3 N–H and O–H groups in total. The van der Waals surface area contributed by atoms with Crippen LogP contribution in [0.5, 0.6) is 11.5 Å². The summed E-state index contributed by atoms with van der Waals surface area (Å²) >= 11 is 5.31. The van der Waals surface area contributed by atoms with E-state index < -0.39 is 0 Å². The molecule has 0 saturated heterocycles. The van der Waals surface area contributed by atoms with E-state index in [4.69, 9.17) is 21.7 Å². The fraction of sp³-hybridized carbons (Fsp3) is 0.222. The molecule has 35 heavy (non-hydrogen) atoms. The first-order valence-corrected chi connectivity index (χ1v) is 11.7. The van der Waals surface area contributed by atoms with E-state index in [1.807, 2.05) is 6.92 Å².